The van der Waals surface area contributed by atoms with Crippen LogP contribution in [0.3, 0.4) is 0 Å². The van der Waals surface area contributed by atoms with Crippen molar-refractivity contribution < 1.29 is 14.7 Å². The smallest absolute Gasteiger partial charge is 0.323 e. The van der Waals surface area contributed by atoms with E-state index < -0.39 is 11.9 Å². The number of carbonyl (C=O) groups excluding carboxylic acids is 1. The van der Waals surface area contributed by atoms with E-state index in [2.05, 4.69) is 9.97 Å². The molecule has 0 aliphatic heterocycles. The summed E-state index contributed by atoms with van der Waals surface area (Å²) in [6.45, 7) is 1.63. The highest BCUT2D eigenvalue weighted by Gasteiger charge is 2.21. The van der Waals surface area contributed by atoms with E-state index in [1.807, 2.05) is 30.3 Å². The summed E-state index contributed by atoms with van der Waals surface area (Å²) in [4.78, 5) is 32.8. The van der Waals surface area contributed by atoms with Gasteiger partial charge >= 0.3 is 5.97 Å². The summed E-state index contributed by atoms with van der Waals surface area (Å²) in [5.74, 6) is -1.47. The second-order valence-electron chi connectivity index (χ2n) is 4.85. The molecule has 6 heteroatoms. The average Bonchev–Trinajstić information content (AvgIpc) is 2.52. The molecule has 0 fully saturated rings. The Labute approximate surface area is 128 Å². The van der Waals surface area contributed by atoms with Crippen LogP contribution >= 0.6 is 0 Å². The predicted molar refractivity (Wildman–Crippen MR) is 80.5 cm³/mol. The number of carbonyl (C=O) groups is 2. The van der Waals surface area contributed by atoms with Crippen LogP contribution in [0.5, 0.6) is 0 Å². The molecule has 0 atom stereocenters. The van der Waals surface area contributed by atoms with E-state index in [1.54, 1.807) is 6.92 Å². The number of rotatable bonds is 6. The molecule has 1 N–H and O–H groups in total. The van der Waals surface area contributed by atoms with Gasteiger partial charge in [-0.25, -0.2) is 4.98 Å². The normalized spacial score (nSPS) is 10.2. The zero-order valence-corrected chi connectivity index (χ0v) is 12.3. The maximum absolute atomic E-state index is 12.5. The van der Waals surface area contributed by atoms with Crippen LogP contribution in [0.15, 0.2) is 42.7 Å². The number of nitrogens with zero attached hydrogens (tertiary/aromatic N) is 3. The molecular formula is C16H17N3O3. The molecule has 0 saturated heterocycles. The van der Waals surface area contributed by atoms with Crippen LogP contribution in [-0.2, 0) is 11.2 Å². The van der Waals surface area contributed by atoms with Gasteiger partial charge < -0.3 is 10.0 Å². The molecule has 0 bridgehead atoms. The number of carboxylic acids is 1. The van der Waals surface area contributed by atoms with E-state index in [-0.39, 0.29) is 12.2 Å². The number of hydrogen-bond acceptors (Lipinski definition) is 4. The minimum Gasteiger partial charge on any atom is -0.480 e. The summed E-state index contributed by atoms with van der Waals surface area (Å²) in [5, 5.41) is 9.02. The fourth-order valence-electron chi connectivity index (χ4n) is 2.09. The number of carboxylic acid groups (broad SMARTS) is 1. The molecule has 0 unspecified atom stereocenters. The highest BCUT2D eigenvalue weighted by atomic mass is 16.4. The molecule has 1 amide bonds. The number of aromatic nitrogens is 2. The van der Waals surface area contributed by atoms with Crippen LogP contribution in [0.4, 0.5) is 0 Å². The number of aliphatic carboxylic acids is 1. The molecular weight excluding hydrogens is 282 g/mol. The minimum absolute atomic E-state index is 0.191. The Morgan fingerprint density at radius 3 is 2.45 bits per heavy atom. The van der Waals surface area contributed by atoms with Crippen molar-refractivity contribution in [3.8, 4) is 0 Å². The molecule has 0 aliphatic rings. The molecule has 114 valence electrons. The zero-order chi connectivity index (χ0) is 15.9. The first-order valence-electron chi connectivity index (χ1n) is 6.90. The van der Waals surface area contributed by atoms with Crippen LogP contribution < -0.4 is 0 Å². The first-order valence-corrected chi connectivity index (χ1v) is 6.90. The van der Waals surface area contributed by atoms with Crippen molar-refractivity contribution >= 4 is 11.9 Å². The maximum atomic E-state index is 12.5. The Morgan fingerprint density at radius 1 is 1.14 bits per heavy atom. The molecule has 1 aromatic heterocycles. The fraction of sp³-hybridized carbons (Fsp3) is 0.250. The third kappa shape index (κ3) is 4.12. The lowest BCUT2D eigenvalue weighted by Crippen LogP contribution is -2.38. The van der Waals surface area contributed by atoms with Crippen LogP contribution in [-0.4, -0.2) is 44.9 Å². The molecule has 6 nitrogen and oxygen atoms in total. The molecule has 2 rings (SSSR count). The maximum Gasteiger partial charge on any atom is 0.323 e. The van der Waals surface area contributed by atoms with E-state index in [4.69, 9.17) is 5.11 Å². The summed E-state index contributed by atoms with van der Waals surface area (Å²) in [5.41, 5.74) is 1.72. The largest absolute Gasteiger partial charge is 0.480 e. The van der Waals surface area contributed by atoms with Crippen molar-refractivity contribution in [2.24, 2.45) is 0 Å². The van der Waals surface area contributed by atoms with E-state index in [1.165, 1.54) is 17.3 Å². The van der Waals surface area contributed by atoms with Gasteiger partial charge in [-0.3, -0.25) is 14.6 Å². The Bertz CT molecular complexity index is 659. The predicted octanol–water partition coefficient (Wildman–Crippen LogP) is 1.55. The lowest BCUT2D eigenvalue weighted by atomic mass is 10.1. The highest BCUT2D eigenvalue weighted by Crippen LogP contribution is 2.08. The van der Waals surface area contributed by atoms with Crippen molar-refractivity contribution in [1.82, 2.24) is 14.9 Å². The van der Waals surface area contributed by atoms with E-state index in [9.17, 15) is 9.59 Å². The third-order valence-electron chi connectivity index (χ3n) is 3.21. The van der Waals surface area contributed by atoms with Gasteiger partial charge in [0, 0.05) is 18.9 Å². The molecule has 0 radical (unpaired) electrons. The van der Waals surface area contributed by atoms with E-state index >= 15 is 0 Å². The minimum atomic E-state index is -1.05. The van der Waals surface area contributed by atoms with Crippen molar-refractivity contribution in [1.29, 1.82) is 0 Å². The van der Waals surface area contributed by atoms with Gasteiger partial charge in [0.2, 0.25) is 0 Å². The number of aryl methyl sites for hydroxylation is 1. The molecule has 0 saturated carbocycles. The van der Waals surface area contributed by atoms with Crippen LogP contribution in [0.2, 0.25) is 0 Å². The quantitative estimate of drug-likeness (QED) is 0.875. The van der Waals surface area contributed by atoms with Gasteiger partial charge in [0.05, 0.1) is 5.69 Å². The van der Waals surface area contributed by atoms with Gasteiger partial charge in [0.25, 0.3) is 5.91 Å². The number of hydrogen-bond donors (Lipinski definition) is 1. The molecule has 0 aliphatic carbocycles. The van der Waals surface area contributed by atoms with Gasteiger partial charge in [-0.05, 0) is 18.9 Å². The van der Waals surface area contributed by atoms with Crippen LogP contribution in [0.1, 0.15) is 21.7 Å². The van der Waals surface area contributed by atoms with Crippen LogP contribution in [0, 0.1) is 6.92 Å². The van der Waals surface area contributed by atoms with Gasteiger partial charge in [0.1, 0.15) is 12.2 Å². The van der Waals surface area contributed by atoms with Crippen molar-refractivity contribution in [2.75, 3.05) is 13.1 Å². The first kappa shape index (κ1) is 15.6. The van der Waals surface area contributed by atoms with E-state index in [0.29, 0.717) is 18.7 Å². The molecule has 22 heavy (non-hydrogen) atoms. The Balaban J connectivity index is 2.13. The number of benzene rings is 1. The van der Waals surface area contributed by atoms with Crippen LogP contribution in [0.25, 0.3) is 0 Å². The fourth-order valence-corrected chi connectivity index (χ4v) is 2.09. The Hall–Kier alpha value is -2.76. The third-order valence-corrected chi connectivity index (χ3v) is 3.21. The van der Waals surface area contributed by atoms with Gasteiger partial charge in [-0.1, -0.05) is 30.3 Å². The van der Waals surface area contributed by atoms with Crippen molar-refractivity contribution in [3.63, 3.8) is 0 Å². The second-order valence-corrected chi connectivity index (χ2v) is 4.85. The highest BCUT2D eigenvalue weighted by molar-refractivity contribution is 5.94. The van der Waals surface area contributed by atoms with Gasteiger partial charge in [-0.15, -0.1) is 0 Å². The van der Waals surface area contributed by atoms with Gasteiger partial charge in [-0.2, -0.15) is 0 Å². The average molecular weight is 299 g/mol. The Kier molecular flexibility index (Phi) is 5.19. The number of amides is 1. The first-order chi connectivity index (χ1) is 10.6. The lowest BCUT2D eigenvalue weighted by molar-refractivity contribution is -0.137. The topological polar surface area (TPSA) is 83.4 Å². The monoisotopic (exact) mass is 299 g/mol. The molecule has 2 aromatic rings. The summed E-state index contributed by atoms with van der Waals surface area (Å²) < 4.78 is 0. The SMILES string of the molecule is Cc1nccnc1C(=O)N(CCc1ccccc1)CC(=O)O. The lowest BCUT2D eigenvalue weighted by Gasteiger charge is -2.20. The summed E-state index contributed by atoms with van der Waals surface area (Å²) in [6, 6.07) is 9.61. The molecule has 0 spiro atoms. The summed E-state index contributed by atoms with van der Waals surface area (Å²) in [6.07, 6.45) is 3.51. The molecule has 1 heterocycles. The molecule has 1 aromatic carbocycles. The summed E-state index contributed by atoms with van der Waals surface area (Å²) in [7, 11) is 0. The summed E-state index contributed by atoms with van der Waals surface area (Å²) >= 11 is 0. The van der Waals surface area contributed by atoms with E-state index in [0.717, 1.165) is 5.56 Å². The second kappa shape index (κ2) is 7.31. The standard InChI is InChI=1S/C16H17N3O3/c1-12-15(18-9-8-17-12)16(22)19(11-14(20)21)10-7-13-5-3-2-4-6-13/h2-6,8-9H,7,10-11H2,1H3,(H,20,21). The van der Waals surface area contributed by atoms with Crippen molar-refractivity contribution in [3.05, 3.63) is 59.7 Å². The Morgan fingerprint density at radius 2 is 1.82 bits per heavy atom. The van der Waals surface area contributed by atoms with Gasteiger partial charge in [0.15, 0.2) is 0 Å². The zero-order valence-electron chi connectivity index (χ0n) is 12.3. The van der Waals surface area contributed by atoms with Crippen molar-refractivity contribution in [2.45, 2.75) is 13.3 Å².